The van der Waals surface area contributed by atoms with Gasteiger partial charge in [0.25, 0.3) is 0 Å². The maximum absolute atomic E-state index is 12.2. The number of benzene rings is 3. The van der Waals surface area contributed by atoms with Crippen LogP contribution in [0.25, 0.3) is 11.0 Å². The van der Waals surface area contributed by atoms with E-state index in [1.807, 2.05) is 78.9 Å². The van der Waals surface area contributed by atoms with Gasteiger partial charge in [0.1, 0.15) is 18.2 Å². The number of nitrogens with one attached hydrogen (secondary N) is 1. The molecule has 4 aromatic rings. The predicted octanol–water partition coefficient (Wildman–Crippen LogP) is 4.41. The number of para-hydroxylation sites is 3. The standard InChI is InChI=1S/C26H27N3O2/c30-26(16-15-21-9-3-1-4-10-21)27-18-17-25-28-23-13-7-8-14-24(23)29(25)19-20-31-22-11-5-2-6-12-22/h1-14H,15-20H2,(H,27,30). The van der Waals surface area contributed by atoms with Gasteiger partial charge in [-0.25, -0.2) is 4.98 Å². The summed E-state index contributed by atoms with van der Waals surface area (Å²) < 4.78 is 8.07. The highest BCUT2D eigenvalue weighted by molar-refractivity contribution is 5.77. The van der Waals surface area contributed by atoms with Crippen LogP contribution in [-0.4, -0.2) is 28.6 Å². The molecule has 0 aliphatic carbocycles. The van der Waals surface area contributed by atoms with E-state index in [4.69, 9.17) is 9.72 Å². The monoisotopic (exact) mass is 413 g/mol. The van der Waals surface area contributed by atoms with Crippen molar-refractivity contribution in [1.82, 2.24) is 14.9 Å². The number of ether oxygens (including phenoxy) is 1. The van der Waals surface area contributed by atoms with Gasteiger partial charge in [0, 0.05) is 19.4 Å². The number of amides is 1. The van der Waals surface area contributed by atoms with Crippen molar-refractivity contribution < 1.29 is 9.53 Å². The molecule has 0 fully saturated rings. The first-order valence-corrected chi connectivity index (χ1v) is 10.7. The maximum atomic E-state index is 12.2. The molecule has 1 amide bonds. The van der Waals surface area contributed by atoms with Crippen LogP contribution in [0.1, 0.15) is 17.8 Å². The summed E-state index contributed by atoms with van der Waals surface area (Å²) in [4.78, 5) is 17.0. The van der Waals surface area contributed by atoms with Crippen molar-refractivity contribution in [1.29, 1.82) is 0 Å². The zero-order valence-electron chi connectivity index (χ0n) is 17.5. The molecule has 0 saturated carbocycles. The number of rotatable bonds is 10. The third kappa shape index (κ3) is 5.72. The summed E-state index contributed by atoms with van der Waals surface area (Å²) in [6.07, 6.45) is 1.92. The normalized spacial score (nSPS) is 10.8. The number of hydrogen-bond donors (Lipinski definition) is 1. The minimum atomic E-state index is 0.0684. The van der Waals surface area contributed by atoms with Crippen LogP contribution in [0.3, 0.4) is 0 Å². The molecule has 1 heterocycles. The molecule has 158 valence electrons. The van der Waals surface area contributed by atoms with Crippen molar-refractivity contribution >= 4 is 16.9 Å². The van der Waals surface area contributed by atoms with Crippen molar-refractivity contribution in [3.63, 3.8) is 0 Å². The van der Waals surface area contributed by atoms with Crippen LogP contribution in [-0.2, 0) is 24.2 Å². The Balaban J connectivity index is 1.33. The fourth-order valence-electron chi connectivity index (χ4n) is 3.64. The minimum absolute atomic E-state index is 0.0684. The fourth-order valence-corrected chi connectivity index (χ4v) is 3.64. The van der Waals surface area contributed by atoms with Crippen molar-refractivity contribution in [2.45, 2.75) is 25.8 Å². The van der Waals surface area contributed by atoms with E-state index in [2.05, 4.69) is 16.0 Å². The molecule has 0 radical (unpaired) electrons. The molecular formula is C26H27N3O2. The molecule has 1 aromatic heterocycles. The predicted molar refractivity (Wildman–Crippen MR) is 123 cm³/mol. The van der Waals surface area contributed by atoms with Crippen LogP contribution in [0.4, 0.5) is 0 Å². The Morgan fingerprint density at radius 1 is 0.871 bits per heavy atom. The van der Waals surface area contributed by atoms with Crippen LogP contribution in [0.5, 0.6) is 5.75 Å². The number of fused-ring (bicyclic) bond motifs is 1. The Bertz CT molecular complexity index is 1110. The Hall–Kier alpha value is -3.60. The van der Waals surface area contributed by atoms with Crippen LogP contribution in [0.15, 0.2) is 84.9 Å². The molecular weight excluding hydrogens is 386 g/mol. The largest absolute Gasteiger partial charge is 0.492 e. The van der Waals surface area contributed by atoms with E-state index in [1.54, 1.807) is 0 Å². The van der Waals surface area contributed by atoms with Gasteiger partial charge in [0.05, 0.1) is 17.6 Å². The number of nitrogens with zero attached hydrogens (tertiary/aromatic N) is 2. The van der Waals surface area contributed by atoms with Crippen molar-refractivity contribution in [3.05, 3.63) is 96.3 Å². The smallest absolute Gasteiger partial charge is 0.220 e. The third-order valence-electron chi connectivity index (χ3n) is 5.21. The zero-order valence-corrected chi connectivity index (χ0v) is 17.5. The Morgan fingerprint density at radius 2 is 1.58 bits per heavy atom. The van der Waals surface area contributed by atoms with Gasteiger partial charge >= 0.3 is 0 Å². The summed E-state index contributed by atoms with van der Waals surface area (Å²) in [6, 6.07) is 28.0. The number of hydrogen-bond acceptors (Lipinski definition) is 3. The number of imidazole rings is 1. The van der Waals surface area contributed by atoms with Crippen molar-refractivity contribution in [2.75, 3.05) is 13.2 Å². The van der Waals surface area contributed by atoms with E-state index in [0.717, 1.165) is 29.0 Å². The second kappa shape index (κ2) is 10.4. The molecule has 3 aromatic carbocycles. The lowest BCUT2D eigenvalue weighted by atomic mass is 10.1. The number of carbonyl (C=O) groups excluding carboxylic acids is 1. The first-order chi connectivity index (χ1) is 15.3. The van der Waals surface area contributed by atoms with E-state index < -0.39 is 0 Å². The lowest BCUT2D eigenvalue weighted by Gasteiger charge is -2.11. The maximum Gasteiger partial charge on any atom is 0.220 e. The molecule has 5 heteroatoms. The van der Waals surface area contributed by atoms with Crippen LogP contribution < -0.4 is 10.1 Å². The molecule has 0 aliphatic rings. The van der Waals surface area contributed by atoms with Gasteiger partial charge in [0.2, 0.25) is 5.91 Å². The second-order valence-electron chi connectivity index (χ2n) is 7.42. The summed E-state index contributed by atoms with van der Waals surface area (Å²) in [5, 5.41) is 3.03. The topological polar surface area (TPSA) is 56.2 Å². The van der Waals surface area contributed by atoms with E-state index in [9.17, 15) is 4.79 Å². The summed E-state index contributed by atoms with van der Waals surface area (Å²) in [5.74, 6) is 1.89. The molecule has 1 N–H and O–H groups in total. The van der Waals surface area contributed by atoms with E-state index >= 15 is 0 Å². The molecule has 31 heavy (non-hydrogen) atoms. The molecule has 0 aliphatic heterocycles. The molecule has 0 saturated heterocycles. The Labute approximate surface area is 182 Å². The summed E-state index contributed by atoms with van der Waals surface area (Å²) in [7, 11) is 0. The number of aryl methyl sites for hydroxylation is 1. The highest BCUT2D eigenvalue weighted by Gasteiger charge is 2.11. The number of carbonyl (C=O) groups is 1. The van der Waals surface area contributed by atoms with Gasteiger partial charge in [-0.2, -0.15) is 0 Å². The molecule has 5 nitrogen and oxygen atoms in total. The molecule has 0 bridgehead atoms. The van der Waals surface area contributed by atoms with Gasteiger partial charge in [-0.3, -0.25) is 4.79 Å². The Kier molecular flexibility index (Phi) is 6.96. The average molecular weight is 414 g/mol. The second-order valence-corrected chi connectivity index (χ2v) is 7.42. The lowest BCUT2D eigenvalue weighted by molar-refractivity contribution is -0.121. The van der Waals surface area contributed by atoms with Gasteiger partial charge in [-0.15, -0.1) is 0 Å². The molecule has 0 spiro atoms. The van der Waals surface area contributed by atoms with Crippen LogP contribution in [0, 0.1) is 0 Å². The van der Waals surface area contributed by atoms with Crippen molar-refractivity contribution in [2.24, 2.45) is 0 Å². The van der Waals surface area contributed by atoms with E-state index in [0.29, 0.717) is 32.5 Å². The van der Waals surface area contributed by atoms with Gasteiger partial charge in [-0.05, 0) is 36.2 Å². The average Bonchev–Trinajstić information content (AvgIpc) is 3.16. The summed E-state index contributed by atoms with van der Waals surface area (Å²) >= 11 is 0. The first-order valence-electron chi connectivity index (χ1n) is 10.7. The van der Waals surface area contributed by atoms with E-state index in [1.165, 1.54) is 5.56 Å². The highest BCUT2D eigenvalue weighted by Crippen LogP contribution is 2.17. The summed E-state index contributed by atoms with van der Waals surface area (Å²) in [6.45, 7) is 1.82. The van der Waals surface area contributed by atoms with Gasteiger partial charge in [0.15, 0.2) is 0 Å². The molecule has 0 unspecified atom stereocenters. The zero-order chi connectivity index (χ0) is 21.3. The number of aromatic nitrogens is 2. The molecule has 0 atom stereocenters. The summed E-state index contributed by atoms with van der Waals surface area (Å²) in [5.41, 5.74) is 3.23. The third-order valence-corrected chi connectivity index (χ3v) is 5.21. The first kappa shape index (κ1) is 20.7. The van der Waals surface area contributed by atoms with Gasteiger partial charge < -0.3 is 14.6 Å². The van der Waals surface area contributed by atoms with E-state index in [-0.39, 0.29) is 5.91 Å². The SMILES string of the molecule is O=C(CCc1ccccc1)NCCc1nc2ccccc2n1CCOc1ccccc1. The highest BCUT2D eigenvalue weighted by atomic mass is 16.5. The van der Waals surface area contributed by atoms with Crippen LogP contribution >= 0.6 is 0 Å². The van der Waals surface area contributed by atoms with Crippen LogP contribution in [0.2, 0.25) is 0 Å². The molecule has 4 rings (SSSR count). The lowest BCUT2D eigenvalue weighted by Crippen LogP contribution is -2.27. The fraction of sp³-hybridized carbons (Fsp3) is 0.231. The minimum Gasteiger partial charge on any atom is -0.492 e. The van der Waals surface area contributed by atoms with Gasteiger partial charge in [-0.1, -0.05) is 60.7 Å². The Morgan fingerprint density at radius 3 is 2.39 bits per heavy atom. The van der Waals surface area contributed by atoms with Crippen molar-refractivity contribution in [3.8, 4) is 5.75 Å². The quantitative estimate of drug-likeness (QED) is 0.419.